The SMILES string of the molecule is CC1=C2[C@@H](O)C(=O)[C@@]3(C)[C@H]([C@H](C)[C@](O)(C[C@@H]1OC(=O)[C@H](O)[C@@H](NC(=O)c1ccccc1)c1ccccc1)C2(C)C)[C@]1(O)CO[C@@H]1C[C@@H]3O.[Ac].[Ac]. The monoisotopic (exact) mass is 1120 g/mol. The van der Waals surface area contributed by atoms with Crippen LogP contribution in [0.4, 0.5) is 0 Å². The zero-order chi connectivity index (χ0) is 35.0. The van der Waals surface area contributed by atoms with Crippen molar-refractivity contribution in [3.8, 4) is 0 Å². The maximum absolute atomic E-state index is 14.3. The molecule has 0 aromatic heterocycles. The number of fused-ring (bicyclic) bond motifs is 5. The molecule has 264 valence electrons. The van der Waals surface area contributed by atoms with E-state index in [2.05, 4.69) is 5.32 Å². The van der Waals surface area contributed by atoms with E-state index in [0.717, 1.165) is 0 Å². The molecule has 1 heterocycles. The van der Waals surface area contributed by atoms with Crippen LogP contribution in [0.3, 0.4) is 0 Å². The van der Waals surface area contributed by atoms with Crippen LogP contribution in [0, 0.1) is 111 Å². The first-order valence-corrected chi connectivity index (χ1v) is 16.5. The van der Waals surface area contributed by atoms with Crippen molar-refractivity contribution in [2.75, 3.05) is 6.61 Å². The van der Waals surface area contributed by atoms with Crippen LogP contribution in [0.5, 0.6) is 0 Å². The molecule has 11 nitrogen and oxygen atoms in total. The number of Topliss-reactive ketones (excluding diaryl/α,β-unsaturated/α-hetero) is 1. The molecule has 2 bridgehead atoms. The molecule has 13 heteroatoms. The van der Waals surface area contributed by atoms with Crippen molar-refractivity contribution < 1.29 is 138 Å². The van der Waals surface area contributed by atoms with Gasteiger partial charge in [0.05, 0.1) is 35.9 Å². The summed E-state index contributed by atoms with van der Waals surface area (Å²) in [6.07, 6.45) is -7.06. The first-order chi connectivity index (χ1) is 22.5. The Hall–Kier alpha value is -0.567. The number of ketones is 1. The number of aliphatic hydroxyl groups is 5. The molecule has 6 rings (SSSR count). The fourth-order valence-corrected chi connectivity index (χ4v) is 9.28. The van der Waals surface area contributed by atoms with Crippen LogP contribution in [0.2, 0.25) is 0 Å². The largest absolute Gasteiger partial charge is 0.456 e. The van der Waals surface area contributed by atoms with E-state index in [0.29, 0.717) is 16.7 Å². The molecule has 1 saturated heterocycles. The summed E-state index contributed by atoms with van der Waals surface area (Å²) in [5.41, 5.74) is -4.94. The van der Waals surface area contributed by atoms with E-state index < -0.39 is 88.1 Å². The minimum Gasteiger partial charge on any atom is -0.456 e. The van der Waals surface area contributed by atoms with Gasteiger partial charge in [-0.25, -0.2) is 4.79 Å². The second-order valence-corrected chi connectivity index (χ2v) is 14.8. The summed E-state index contributed by atoms with van der Waals surface area (Å²) in [7, 11) is 0. The standard InChI is InChI=1S/C37H45NO10.2Ac/c1-19-23(48-33(44)29(41)27(21-12-8-6-9-13-21)38-32(43)22-14-10-7-11-15-22)17-37(46)20(2)30-35(5,24(39)16-25-36(30,45)18-47-25)31(42)28(40)26(19)34(37,3)4;;/h6-15,20,23-25,27-30,39-41,45-46H,16-18H2,1-5H3,(H,38,43);;/t20-,23-,24-,25+,27-,28+,29+,30-,35+,36-,37+;;/m0../s1. The second kappa shape index (κ2) is 15.3. The maximum Gasteiger partial charge on any atom is 0.338 e. The first kappa shape index (κ1) is 42.2. The summed E-state index contributed by atoms with van der Waals surface area (Å²) in [5, 5.41) is 62.0. The molecule has 6 N–H and O–H groups in total. The van der Waals surface area contributed by atoms with Crippen molar-refractivity contribution in [2.45, 2.75) is 95.2 Å². The molecule has 3 aliphatic carbocycles. The van der Waals surface area contributed by atoms with Crippen LogP contribution >= 0.6 is 0 Å². The van der Waals surface area contributed by atoms with Crippen molar-refractivity contribution in [1.29, 1.82) is 0 Å². The molecule has 0 unspecified atom stereocenters. The average Bonchev–Trinajstić information content (AvgIpc) is 3.06. The smallest absolute Gasteiger partial charge is 0.338 e. The fourth-order valence-electron chi connectivity index (χ4n) is 9.28. The number of hydrogen-bond donors (Lipinski definition) is 6. The summed E-state index contributed by atoms with van der Waals surface area (Å²) >= 11 is 0. The molecule has 1 amide bonds. The van der Waals surface area contributed by atoms with E-state index in [1.165, 1.54) is 6.92 Å². The van der Waals surface area contributed by atoms with Crippen molar-refractivity contribution in [2.24, 2.45) is 22.7 Å². The number of nitrogens with one attached hydrogen (secondary N) is 1. The Kier molecular flexibility index (Phi) is 12.9. The molecule has 3 fully saturated rings. The molecule has 4 aliphatic rings. The Bertz CT molecular complexity index is 1640. The Morgan fingerprint density at radius 2 is 1.56 bits per heavy atom. The van der Waals surface area contributed by atoms with Crippen molar-refractivity contribution in [1.82, 2.24) is 5.32 Å². The number of benzene rings is 2. The van der Waals surface area contributed by atoms with Gasteiger partial charge in [0.25, 0.3) is 5.91 Å². The third-order valence-corrected chi connectivity index (χ3v) is 12.2. The number of esters is 1. The molecule has 1 aliphatic heterocycles. The van der Waals surface area contributed by atoms with Gasteiger partial charge < -0.3 is 40.3 Å². The molecule has 2 aromatic carbocycles. The molecular formula is C37H45Ac2NO10. The van der Waals surface area contributed by atoms with Crippen LogP contribution in [0.15, 0.2) is 71.8 Å². The van der Waals surface area contributed by atoms with Crippen molar-refractivity contribution >= 4 is 17.7 Å². The molecule has 11 atom stereocenters. The van der Waals surface area contributed by atoms with Gasteiger partial charge in [0.2, 0.25) is 0 Å². The number of carbonyl (C=O) groups is 3. The summed E-state index contributed by atoms with van der Waals surface area (Å²) in [6.45, 7) is 8.16. The van der Waals surface area contributed by atoms with Crippen LogP contribution in [0.1, 0.15) is 69.4 Å². The minimum absolute atomic E-state index is 0. The van der Waals surface area contributed by atoms with Gasteiger partial charge in [-0.2, -0.15) is 0 Å². The topological polar surface area (TPSA) is 183 Å². The van der Waals surface area contributed by atoms with E-state index >= 15 is 0 Å². The summed E-state index contributed by atoms with van der Waals surface area (Å²) in [5.74, 6) is -4.18. The van der Waals surface area contributed by atoms with Gasteiger partial charge in [-0.1, -0.05) is 69.3 Å². The van der Waals surface area contributed by atoms with Crippen molar-refractivity contribution in [3.05, 3.63) is 82.9 Å². The van der Waals surface area contributed by atoms with E-state index in [1.54, 1.807) is 88.4 Å². The van der Waals surface area contributed by atoms with E-state index in [4.69, 9.17) is 9.47 Å². The Morgan fingerprint density at radius 3 is 2.12 bits per heavy atom. The van der Waals surface area contributed by atoms with Gasteiger partial charge in [-0.3, -0.25) is 9.59 Å². The van der Waals surface area contributed by atoms with Crippen LogP contribution in [0.25, 0.3) is 0 Å². The van der Waals surface area contributed by atoms with E-state index in [9.17, 15) is 39.9 Å². The fraction of sp³-hybridized carbons (Fsp3) is 0.541. The Morgan fingerprint density at radius 1 is 0.980 bits per heavy atom. The second-order valence-electron chi connectivity index (χ2n) is 14.8. The maximum atomic E-state index is 14.3. The number of ether oxygens (including phenoxy) is 2. The summed E-state index contributed by atoms with van der Waals surface area (Å²) in [4.78, 5) is 41.2. The van der Waals surface area contributed by atoms with E-state index in [-0.39, 0.29) is 113 Å². The third-order valence-electron chi connectivity index (χ3n) is 12.2. The van der Waals surface area contributed by atoms with Gasteiger partial charge >= 0.3 is 5.97 Å². The predicted molar refractivity (Wildman–Crippen MR) is 172 cm³/mol. The summed E-state index contributed by atoms with van der Waals surface area (Å²) in [6, 6.07) is 15.6. The molecular weight excluding hydrogens is 1070 g/mol. The van der Waals surface area contributed by atoms with Crippen LogP contribution in [-0.4, -0.2) is 91.5 Å². The minimum atomic E-state index is -1.87. The number of amides is 1. The number of aliphatic hydroxyl groups excluding tert-OH is 3. The number of carbonyl (C=O) groups excluding carboxylic acids is 3. The quantitative estimate of drug-likeness (QED) is 0.185. The first-order valence-electron chi connectivity index (χ1n) is 16.5. The average molecular weight is 1120 g/mol. The van der Waals surface area contributed by atoms with Crippen LogP contribution < -0.4 is 5.32 Å². The van der Waals surface area contributed by atoms with Crippen molar-refractivity contribution in [3.63, 3.8) is 0 Å². The Balaban J connectivity index is 0.00000281. The molecule has 0 spiro atoms. The normalized spacial score (nSPS) is 36.7. The molecule has 2 saturated carbocycles. The van der Waals surface area contributed by atoms with Gasteiger partial charge in [0, 0.05) is 118 Å². The zero-order valence-corrected chi connectivity index (χ0v) is 38.4. The van der Waals surface area contributed by atoms with E-state index in [1.807, 2.05) is 0 Å². The number of rotatable bonds is 6. The number of hydrogen-bond acceptors (Lipinski definition) is 10. The van der Waals surface area contributed by atoms with Gasteiger partial charge in [0.1, 0.15) is 17.8 Å². The zero-order valence-electron chi connectivity index (χ0n) is 28.9. The molecule has 2 aromatic rings. The van der Waals surface area contributed by atoms with Gasteiger partial charge in [0.15, 0.2) is 11.9 Å². The molecule has 50 heavy (non-hydrogen) atoms. The molecule has 2 radical (unpaired) electrons. The predicted octanol–water partition coefficient (Wildman–Crippen LogP) is 2.00. The Labute approximate surface area is 363 Å². The third kappa shape index (κ3) is 6.50. The van der Waals surface area contributed by atoms with Crippen LogP contribution in [-0.2, 0) is 19.1 Å². The summed E-state index contributed by atoms with van der Waals surface area (Å²) < 4.78 is 11.5. The van der Waals surface area contributed by atoms with Gasteiger partial charge in [-0.05, 0) is 48.6 Å². The van der Waals surface area contributed by atoms with Gasteiger partial charge in [-0.15, -0.1) is 0 Å².